The van der Waals surface area contributed by atoms with Gasteiger partial charge in [0.2, 0.25) is 0 Å². The minimum atomic E-state index is -0.903. The molecule has 106 valence electrons. The summed E-state index contributed by atoms with van der Waals surface area (Å²) in [6.45, 7) is 10.3. The molecule has 0 aliphatic carbocycles. The SMILES string of the molecule is CCc1nnc(SC(C)C(C)C)c(C(=O)O)c1CC. The minimum absolute atomic E-state index is 0.310. The summed E-state index contributed by atoms with van der Waals surface area (Å²) >= 11 is 1.50. The molecule has 19 heavy (non-hydrogen) atoms. The zero-order chi connectivity index (χ0) is 14.6. The Morgan fingerprint density at radius 2 is 1.84 bits per heavy atom. The van der Waals surface area contributed by atoms with Crippen LogP contribution < -0.4 is 0 Å². The maximum absolute atomic E-state index is 11.5. The fourth-order valence-corrected chi connectivity index (χ4v) is 2.81. The molecule has 0 aliphatic rings. The van der Waals surface area contributed by atoms with Crippen molar-refractivity contribution in [2.45, 2.75) is 57.7 Å². The summed E-state index contributed by atoms with van der Waals surface area (Å²) in [4.78, 5) is 11.5. The molecule has 5 heteroatoms. The van der Waals surface area contributed by atoms with E-state index in [0.717, 1.165) is 11.3 Å². The number of carboxylic acids is 1. The molecule has 0 aliphatic heterocycles. The average Bonchev–Trinajstić information content (AvgIpc) is 2.37. The Morgan fingerprint density at radius 3 is 2.26 bits per heavy atom. The first-order valence-corrected chi connectivity index (χ1v) is 7.58. The fraction of sp³-hybridized carbons (Fsp3) is 0.643. The monoisotopic (exact) mass is 282 g/mol. The number of rotatable bonds is 6. The molecule has 4 nitrogen and oxygen atoms in total. The number of thioether (sulfide) groups is 1. The molecule has 0 saturated carbocycles. The van der Waals surface area contributed by atoms with Crippen molar-refractivity contribution in [3.63, 3.8) is 0 Å². The lowest BCUT2D eigenvalue weighted by molar-refractivity contribution is 0.0690. The molecule has 1 rings (SSSR count). The summed E-state index contributed by atoms with van der Waals surface area (Å²) in [5.41, 5.74) is 1.96. The molecule has 1 aromatic heterocycles. The molecule has 0 bridgehead atoms. The van der Waals surface area contributed by atoms with Gasteiger partial charge >= 0.3 is 5.97 Å². The van der Waals surface area contributed by atoms with E-state index >= 15 is 0 Å². The Hall–Kier alpha value is -1.10. The summed E-state index contributed by atoms with van der Waals surface area (Å²) in [7, 11) is 0. The second kappa shape index (κ2) is 6.89. The number of aromatic nitrogens is 2. The maximum Gasteiger partial charge on any atom is 0.338 e. The highest BCUT2D eigenvalue weighted by atomic mass is 32.2. The molecule has 1 heterocycles. The number of carboxylic acid groups (broad SMARTS) is 1. The molecule has 0 amide bonds. The molecule has 0 fully saturated rings. The smallest absolute Gasteiger partial charge is 0.338 e. The van der Waals surface area contributed by atoms with Gasteiger partial charge in [-0.1, -0.05) is 34.6 Å². The molecule has 1 N–H and O–H groups in total. The Morgan fingerprint density at radius 1 is 1.21 bits per heavy atom. The molecule has 1 unspecified atom stereocenters. The number of nitrogens with zero attached hydrogens (tertiary/aromatic N) is 2. The van der Waals surface area contributed by atoms with Crippen molar-refractivity contribution < 1.29 is 9.90 Å². The number of hydrogen-bond donors (Lipinski definition) is 1. The minimum Gasteiger partial charge on any atom is -0.478 e. The van der Waals surface area contributed by atoms with Gasteiger partial charge < -0.3 is 5.11 Å². The van der Waals surface area contributed by atoms with Gasteiger partial charge in [-0.25, -0.2) is 4.79 Å². The van der Waals surface area contributed by atoms with Crippen LogP contribution in [0.15, 0.2) is 5.03 Å². The average molecular weight is 282 g/mol. The lowest BCUT2D eigenvalue weighted by atomic mass is 10.0. The standard InChI is InChI=1S/C14H22N2O2S/c1-6-10-11(7-2)15-16-13(12(10)14(17)18)19-9(5)8(3)4/h8-9H,6-7H2,1-5H3,(H,17,18). The van der Waals surface area contributed by atoms with Crippen molar-refractivity contribution >= 4 is 17.7 Å². The van der Waals surface area contributed by atoms with Gasteiger partial charge in [0.15, 0.2) is 0 Å². The van der Waals surface area contributed by atoms with Gasteiger partial charge in [-0.2, -0.15) is 5.10 Å². The van der Waals surface area contributed by atoms with Gasteiger partial charge in [0.1, 0.15) is 5.03 Å². The van der Waals surface area contributed by atoms with Crippen molar-refractivity contribution in [2.24, 2.45) is 5.92 Å². The highest BCUT2D eigenvalue weighted by molar-refractivity contribution is 7.99. The molecule has 0 spiro atoms. The number of aromatic carboxylic acids is 1. The highest BCUT2D eigenvalue weighted by Crippen LogP contribution is 2.31. The van der Waals surface area contributed by atoms with Gasteiger partial charge in [-0.15, -0.1) is 16.9 Å². The summed E-state index contributed by atoms with van der Waals surface area (Å²) in [5.74, 6) is -0.440. The molecule has 0 aromatic carbocycles. The van der Waals surface area contributed by atoms with Crippen molar-refractivity contribution in [2.75, 3.05) is 0 Å². The van der Waals surface area contributed by atoms with E-state index in [4.69, 9.17) is 0 Å². The quantitative estimate of drug-likeness (QED) is 0.810. The molecule has 0 saturated heterocycles. The molecule has 1 atom stereocenters. The highest BCUT2D eigenvalue weighted by Gasteiger charge is 2.22. The van der Waals surface area contributed by atoms with Crippen LogP contribution in [0.4, 0.5) is 0 Å². The van der Waals surface area contributed by atoms with Gasteiger partial charge in [0.05, 0.1) is 11.3 Å². The number of aryl methyl sites for hydroxylation is 1. The Labute approximate surface area is 119 Å². The van der Waals surface area contributed by atoms with E-state index in [-0.39, 0.29) is 0 Å². The van der Waals surface area contributed by atoms with E-state index in [1.807, 2.05) is 13.8 Å². The lowest BCUT2D eigenvalue weighted by Gasteiger charge is -2.17. The van der Waals surface area contributed by atoms with Gasteiger partial charge in [-0.3, -0.25) is 0 Å². The Balaban J connectivity index is 3.28. The predicted molar refractivity (Wildman–Crippen MR) is 77.9 cm³/mol. The maximum atomic E-state index is 11.5. The molecular formula is C14H22N2O2S. The van der Waals surface area contributed by atoms with E-state index in [1.165, 1.54) is 11.8 Å². The molecule has 0 radical (unpaired) electrons. The van der Waals surface area contributed by atoms with Crippen molar-refractivity contribution in [3.05, 3.63) is 16.8 Å². The van der Waals surface area contributed by atoms with E-state index in [9.17, 15) is 9.90 Å². The largest absolute Gasteiger partial charge is 0.478 e. The van der Waals surface area contributed by atoms with Crippen molar-refractivity contribution in [1.29, 1.82) is 0 Å². The van der Waals surface area contributed by atoms with Gasteiger partial charge in [0, 0.05) is 5.25 Å². The Kier molecular flexibility index (Phi) is 5.79. The van der Waals surface area contributed by atoms with Crippen LogP contribution in [0.1, 0.15) is 56.2 Å². The third kappa shape index (κ3) is 3.69. The van der Waals surface area contributed by atoms with Crippen LogP contribution >= 0.6 is 11.8 Å². The molecular weight excluding hydrogens is 260 g/mol. The van der Waals surface area contributed by atoms with E-state index in [2.05, 4.69) is 31.0 Å². The van der Waals surface area contributed by atoms with Crippen LogP contribution in [0.5, 0.6) is 0 Å². The topological polar surface area (TPSA) is 63.1 Å². The van der Waals surface area contributed by atoms with E-state index in [1.54, 1.807) is 0 Å². The Bertz CT molecular complexity index is 461. The first-order chi connectivity index (χ1) is 8.92. The number of carbonyl (C=O) groups is 1. The normalized spacial score (nSPS) is 12.7. The fourth-order valence-electron chi connectivity index (χ4n) is 1.77. The summed E-state index contributed by atoms with van der Waals surface area (Å²) in [5, 5.41) is 18.6. The van der Waals surface area contributed by atoms with Crippen LogP contribution in [0.25, 0.3) is 0 Å². The van der Waals surface area contributed by atoms with Gasteiger partial charge in [0.25, 0.3) is 0 Å². The van der Waals surface area contributed by atoms with Crippen molar-refractivity contribution in [3.8, 4) is 0 Å². The molecule has 1 aromatic rings. The van der Waals surface area contributed by atoms with Crippen LogP contribution in [0, 0.1) is 5.92 Å². The van der Waals surface area contributed by atoms with Crippen LogP contribution in [0.3, 0.4) is 0 Å². The summed E-state index contributed by atoms with van der Waals surface area (Å²) < 4.78 is 0. The number of hydrogen-bond acceptors (Lipinski definition) is 4. The third-order valence-corrected chi connectivity index (χ3v) is 4.69. The van der Waals surface area contributed by atoms with Crippen LogP contribution in [-0.4, -0.2) is 26.5 Å². The zero-order valence-corrected chi connectivity index (χ0v) is 13.0. The summed E-state index contributed by atoms with van der Waals surface area (Å²) in [6, 6.07) is 0. The van der Waals surface area contributed by atoms with Gasteiger partial charge in [-0.05, 0) is 24.3 Å². The van der Waals surface area contributed by atoms with E-state index < -0.39 is 5.97 Å². The second-order valence-corrected chi connectivity index (χ2v) is 6.25. The van der Waals surface area contributed by atoms with Crippen molar-refractivity contribution in [1.82, 2.24) is 10.2 Å². The third-order valence-electron chi connectivity index (χ3n) is 3.26. The van der Waals surface area contributed by atoms with Crippen LogP contribution in [0.2, 0.25) is 0 Å². The predicted octanol–water partition coefficient (Wildman–Crippen LogP) is 3.44. The van der Waals surface area contributed by atoms with E-state index in [0.29, 0.717) is 34.6 Å². The summed E-state index contributed by atoms with van der Waals surface area (Å²) in [6.07, 6.45) is 1.38. The first kappa shape index (κ1) is 16.0. The van der Waals surface area contributed by atoms with Crippen LogP contribution in [-0.2, 0) is 12.8 Å². The lowest BCUT2D eigenvalue weighted by Crippen LogP contribution is -2.14. The second-order valence-electron chi connectivity index (χ2n) is 4.88. The zero-order valence-electron chi connectivity index (χ0n) is 12.2. The first-order valence-electron chi connectivity index (χ1n) is 6.70.